The summed E-state index contributed by atoms with van der Waals surface area (Å²) in [5.41, 5.74) is -1.25. The minimum atomic E-state index is -0.853. The maximum absolute atomic E-state index is 11.2. The van der Waals surface area contributed by atoms with Gasteiger partial charge < -0.3 is 25.2 Å². The molecule has 0 saturated heterocycles. The molecular weight excluding hydrogens is 252 g/mol. The highest BCUT2D eigenvalue weighted by molar-refractivity contribution is 5.83. The van der Waals surface area contributed by atoms with Gasteiger partial charge in [0.15, 0.2) is 11.2 Å². The van der Waals surface area contributed by atoms with E-state index in [1.165, 1.54) is 12.3 Å². The number of rotatable bonds is 0. The average molecular weight is 262 g/mol. The number of nitrogens with one attached hydrogen (secondary N) is 3. The number of aromatic hydroxyl groups is 2. The predicted octanol–water partition coefficient (Wildman–Crippen LogP) is 0.0373. The van der Waals surface area contributed by atoms with Gasteiger partial charge in [0.05, 0.1) is 6.33 Å². The van der Waals surface area contributed by atoms with Crippen molar-refractivity contribution in [3.63, 3.8) is 0 Å². The lowest BCUT2D eigenvalue weighted by molar-refractivity contribution is 0.402. The van der Waals surface area contributed by atoms with Gasteiger partial charge in [0, 0.05) is 24.7 Å². The van der Waals surface area contributed by atoms with Crippen molar-refractivity contribution in [2.24, 2.45) is 0 Å². The monoisotopic (exact) mass is 262 g/mol. The molecule has 0 fully saturated rings. The number of nitrogens with zero attached hydrogens (tertiary/aromatic N) is 1. The van der Waals surface area contributed by atoms with Gasteiger partial charge in [-0.05, 0) is 0 Å². The van der Waals surface area contributed by atoms with E-state index in [0.29, 0.717) is 0 Å². The van der Waals surface area contributed by atoms with Gasteiger partial charge in [0.1, 0.15) is 11.0 Å². The van der Waals surface area contributed by atoms with Gasteiger partial charge in [-0.2, -0.15) is 0 Å². The second-order valence-electron chi connectivity index (χ2n) is 3.50. The van der Waals surface area contributed by atoms with Crippen LogP contribution in [0.15, 0.2) is 40.6 Å². The second kappa shape index (κ2) is 5.08. The van der Waals surface area contributed by atoms with Crippen molar-refractivity contribution in [1.29, 1.82) is 0 Å². The van der Waals surface area contributed by atoms with Crippen molar-refractivity contribution >= 4 is 11.0 Å². The van der Waals surface area contributed by atoms with E-state index in [2.05, 4.69) is 19.9 Å². The van der Waals surface area contributed by atoms with Crippen molar-refractivity contribution < 1.29 is 10.2 Å². The lowest BCUT2D eigenvalue weighted by Gasteiger charge is -2.00. The summed E-state index contributed by atoms with van der Waals surface area (Å²) >= 11 is 0. The molecule has 8 nitrogen and oxygen atoms in total. The smallest absolute Gasteiger partial charge is 0.295 e. The lowest BCUT2D eigenvalue weighted by atomic mass is 10.2. The molecule has 0 unspecified atom stereocenters. The number of aromatic nitrogens is 4. The fourth-order valence-corrected chi connectivity index (χ4v) is 1.43. The SMILES string of the molecule is O=c1[nH]c2[nH]ccc(=O)c2c(O)c1O.c1c[nH]cn1. The van der Waals surface area contributed by atoms with Crippen LogP contribution in [0.4, 0.5) is 0 Å². The highest BCUT2D eigenvalue weighted by Gasteiger charge is 2.12. The molecule has 0 aliphatic carbocycles. The lowest BCUT2D eigenvalue weighted by Crippen LogP contribution is -2.10. The Morgan fingerprint density at radius 3 is 2.47 bits per heavy atom. The van der Waals surface area contributed by atoms with Crippen molar-refractivity contribution in [2.45, 2.75) is 0 Å². The molecule has 0 atom stereocenters. The van der Waals surface area contributed by atoms with E-state index in [0.717, 1.165) is 0 Å². The molecule has 3 heterocycles. The van der Waals surface area contributed by atoms with Crippen molar-refractivity contribution in [1.82, 2.24) is 19.9 Å². The minimum Gasteiger partial charge on any atom is -0.504 e. The van der Waals surface area contributed by atoms with Crippen molar-refractivity contribution in [2.75, 3.05) is 0 Å². The topological polar surface area (TPSA) is 135 Å². The summed E-state index contributed by atoms with van der Waals surface area (Å²) in [7, 11) is 0. The summed E-state index contributed by atoms with van der Waals surface area (Å²) in [4.78, 5) is 33.4. The number of H-pyrrole nitrogens is 3. The quantitative estimate of drug-likeness (QED) is 0.389. The molecule has 0 aliphatic rings. The van der Waals surface area contributed by atoms with Crippen LogP contribution in [-0.4, -0.2) is 30.1 Å². The second-order valence-corrected chi connectivity index (χ2v) is 3.50. The third-order valence-corrected chi connectivity index (χ3v) is 2.28. The van der Waals surface area contributed by atoms with Crippen molar-refractivity contribution in [3.05, 3.63) is 51.6 Å². The van der Waals surface area contributed by atoms with Gasteiger partial charge in [-0.3, -0.25) is 9.59 Å². The highest BCUT2D eigenvalue weighted by Crippen LogP contribution is 2.24. The molecule has 0 bridgehead atoms. The number of pyridine rings is 2. The molecule has 0 saturated carbocycles. The van der Waals surface area contributed by atoms with Crippen LogP contribution in [0.2, 0.25) is 0 Å². The standard InChI is InChI=1S/C8H6N2O4.C3H4N2/c11-3-1-2-9-7-4(3)5(12)6(13)8(14)10-7;1-2-5-3-4-1/h1-2,13H,(H3,9,10,11,12,14);1-3H,(H,4,5). The predicted molar refractivity (Wildman–Crippen MR) is 67.1 cm³/mol. The number of hydrogen-bond acceptors (Lipinski definition) is 5. The first-order valence-corrected chi connectivity index (χ1v) is 5.19. The number of hydrogen-bond donors (Lipinski definition) is 5. The molecular formula is C11H10N4O4. The molecule has 5 N–H and O–H groups in total. The number of aromatic amines is 3. The van der Waals surface area contributed by atoms with Gasteiger partial charge in [0.2, 0.25) is 5.75 Å². The first kappa shape index (κ1) is 12.4. The van der Waals surface area contributed by atoms with E-state index in [4.69, 9.17) is 5.11 Å². The van der Waals surface area contributed by atoms with E-state index in [9.17, 15) is 14.7 Å². The molecule has 3 aromatic rings. The summed E-state index contributed by atoms with van der Waals surface area (Å²) < 4.78 is 0. The van der Waals surface area contributed by atoms with Gasteiger partial charge in [-0.1, -0.05) is 0 Å². The Morgan fingerprint density at radius 2 is 1.89 bits per heavy atom. The van der Waals surface area contributed by atoms with E-state index in [-0.39, 0.29) is 11.0 Å². The molecule has 0 amide bonds. The Kier molecular flexibility index (Phi) is 3.33. The zero-order valence-corrected chi connectivity index (χ0v) is 9.54. The Balaban J connectivity index is 0.000000224. The van der Waals surface area contributed by atoms with Gasteiger partial charge in [-0.15, -0.1) is 0 Å². The molecule has 19 heavy (non-hydrogen) atoms. The molecule has 3 rings (SSSR count). The van der Waals surface area contributed by atoms with Crippen LogP contribution in [-0.2, 0) is 0 Å². The third kappa shape index (κ3) is 2.46. The van der Waals surface area contributed by atoms with E-state index in [1.54, 1.807) is 18.7 Å². The van der Waals surface area contributed by atoms with Crippen molar-refractivity contribution in [3.8, 4) is 11.5 Å². The largest absolute Gasteiger partial charge is 0.504 e. The maximum Gasteiger partial charge on any atom is 0.295 e. The summed E-state index contributed by atoms with van der Waals surface area (Å²) in [6, 6.07) is 1.18. The van der Waals surface area contributed by atoms with Crippen LogP contribution in [0, 0.1) is 0 Å². The Hall–Kier alpha value is -3.03. The molecule has 98 valence electrons. The molecule has 0 aromatic carbocycles. The Labute approximate surface area is 105 Å². The van der Waals surface area contributed by atoms with Gasteiger partial charge >= 0.3 is 0 Å². The average Bonchev–Trinajstić information content (AvgIpc) is 2.95. The Bertz CT molecular complexity index is 771. The van der Waals surface area contributed by atoms with Crippen LogP contribution in [0.1, 0.15) is 0 Å². The van der Waals surface area contributed by atoms with E-state index < -0.39 is 22.5 Å². The fraction of sp³-hybridized carbons (Fsp3) is 0. The first-order chi connectivity index (χ1) is 9.11. The Morgan fingerprint density at radius 1 is 1.11 bits per heavy atom. The molecule has 0 radical (unpaired) electrons. The van der Waals surface area contributed by atoms with Crippen LogP contribution in [0.25, 0.3) is 11.0 Å². The molecule has 3 aromatic heterocycles. The van der Waals surface area contributed by atoms with E-state index in [1.807, 2.05) is 0 Å². The number of imidazole rings is 1. The zero-order chi connectivity index (χ0) is 13.8. The van der Waals surface area contributed by atoms with Gasteiger partial charge in [-0.25, -0.2) is 4.98 Å². The summed E-state index contributed by atoms with van der Waals surface area (Å²) in [5, 5.41) is 18.3. The summed E-state index contributed by atoms with van der Waals surface area (Å²) in [6.45, 7) is 0. The van der Waals surface area contributed by atoms with Crippen LogP contribution in [0.5, 0.6) is 11.5 Å². The maximum atomic E-state index is 11.2. The van der Waals surface area contributed by atoms with Crippen LogP contribution in [0.3, 0.4) is 0 Å². The van der Waals surface area contributed by atoms with Crippen LogP contribution >= 0.6 is 0 Å². The first-order valence-electron chi connectivity index (χ1n) is 5.19. The van der Waals surface area contributed by atoms with Crippen LogP contribution < -0.4 is 11.0 Å². The normalized spacial score (nSPS) is 9.89. The third-order valence-electron chi connectivity index (χ3n) is 2.28. The molecule has 0 spiro atoms. The summed E-state index contributed by atoms with van der Waals surface area (Å²) in [5.74, 6) is -1.56. The molecule has 0 aliphatic heterocycles. The minimum absolute atomic E-state index is 0.0813. The fourth-order valence-electron chi connectivity index (χ4n) is 1.43. The zero-order valence-electron chi connectivity index (χ0n) is 9.54. The van der Waals surface area contributed by atoms with E-state index >= 15 is 0 Å². The highest BCUT2D eigenvalue weighted by atomic mass is 16.3. The molecule has 8 heteroatoms. The van der Waals surface area contributed by atoms with Gasteiger partial charge in [0.25, 0.3) is 5.56 Å². The summed E-state index contributed by atoms with van der Waals surface area (Å²) in [6.07, 6.45) is 6.41. The number of fused-ring (bicyclic) bond motifs is 1.